The lowest BCUT2D eigenvalue weighted by Crippen LogP contribution is -2.23. The number of hydrazone groups is 1. The van der Waals surface area contributed by atoms with Crippen molar-refractivity contribution < 1.29 is 9.49 Å². The molecule has 0 radical (unpaired) electrons. The lowest BCUT2D eigenvalue weighted by atomic mass is 10.2. The molecular formula is C17H18N5O3P. The summed E-state index contributed by atoms with van der Waals surface area (Å²) in [6.07, 6.45) is 1.59. The van der Waals surface area contributed by atoms with E-state index in [1.807, 2.05) is 39.7 Å². The Morgan fingerprint density at radius 2 is 1.58 bits per heavy atom. The molecule has 0 unspecified atom stereocenters. The minimum Gasteiger partial charge on any atom is -0.262 e. The van der Waals surface area contributed by atoms with Crippen LogP contribution in [0.3, 0.4) is 0 Å². The number of rotatable bonds is 7. The zero-order chi connectivity index (χ0) is 18.1. The van der Waals surface area contributed by atoms with Crippen molar-refractivity contribution in [2.45, 2.75) is 0 Å². The van der Waals surface area contributed by atoms with Crippen LogP contribution in [0.4, 0.5) is 11.4 Å². The normalized spacial score (nSPS) is 17.4. The molecule has 2 heterocycles. The largest absolute Gasteiger partial charge is 0.331 e. The Kier molecular flexibility index (Phi) is 4.32. The summed E-state index contributed by atoms with van der Waals surface area (Å²) in [5.41, 5.74) is 1.49. The van der Waals surface area contributed by atoms with E-state index < -0.39 is 12.5 Å². The van der Waals surface area contributed by atoms with Crippen molar-refractivity contribution in [3.63, 3.8) is 0 Å². The van der Waals surface area contributed by atoms with Crippen LogP contribution in [0.25, 0.3) is 0 Å². The van der Waals surface area contributed by atoms with Gasteiger partial charge in [0.05, 0.1) is 16.8 Å². The molecule has 2 fully saturated rings. The third-order valence-electron chi connectivity index (χ3n) is 4.24. The second-order valence-corrected chi connectivity index (χ2v) is 8.68. The highest BCUT2D eigenvalue weighted by Crippen LogP contribution is 2.64. The van der Waals surface area contributed by atoms with Crippen molar-refractivity contribution in [1.82, 2.24) is 9.34 Å². The standard InChI is InChI=1S/C17H18N5O3P/c23-22(24)17-8-6-15(7-9-17)14-18-21(16-4-2-1-3-5-16)26(25,19-10-11-19)20-12-13-20/h1-9,14H,10-13H2. The maximum atomic E-state index is 13.8. The Bertz CT molecular complexity index is 863. The molecule has 0 N–H and O–H groups in total. The van der Waals surface area contributed by atoms with E-state index in [9.17, 15) is 14.7 Å². The van der Waals surface area contributed by atoms with Crippen molar-refractivity contribution in [1.29, 1.82) is 0 Å². The van der Waals surface area contributed by atoms with Crippen molar-refractivity contribution in [3.05, 3.63) is 70.3 Å². The van der Waals surface area contributed by atoms with E-state index in [0.29, 0.717) is 5.56 Å². The zero-order valence-electron chi connectivity index (χ0n) is 14.0. The smallest absolute Gasteiger partial charge is 0.262 e. The summed E-state index contributed by atoms with van der Waals surface area (Å²) in [6.45, 7) is 3.18. The van der Waals surface area contributed by atoms with E-state index in [-0.39, 0.29) is 5.69 Å². The van der Waals surface area contributed by atoms with Gasteiger partial charge < -0.3 is 0 Å². The predicted octanol–water partition coefficient (Wildman–Crippen LogP) is 3.17. The van der Waals surface area contributed by atoms with Crippen molar-refractivity contribution in [2.24, 2.45) is 5.10 Å². The third-order valence-corrected chi connectivity index (χ3v) is 7.34. The first-order valence-corrected chi connectivity index (χ1v) is 9.90. The number of para-hydroxylation sites is 1. The topological polar surface area (TPSA) is 81.8 Å². The predicted molar refractivity (Wildman–Crippen MR) is 100 cm³/mol. The first-order valence-electron chi connectivity index (χ1n) is 8.34. The van der Waals surface area contributed by atoms with Crippen molar-refractivity contribution >= 4 is 25.2 Å². The Hall–Kier alpha value is -2.54. The summed E-state index contributed by atoms with van der Waals surface area (Å²) in [4.78, 5) is 10.3. The molecule has 0 atom stereocenters. The molecule has 134 valence electrons. The average molecular weight is 371 g/mol. The Labute approximate surface area is 151 Å². The lowest BCUT2D eigenvalue weighted by Gasteiger charge is -2.30. The summed E-state index contributed by atoms with van der Waals surface area (Å²) in [6, 6.07) is 15.6. The van der Waals surface area contributed by atoms with E-state index in [1.165, 1.54) is 12.1 Å². The van der Waals surface area contributed by atoms with Gasteiger partial charge in [0, 0.05) is 38.3 Å². The van der Waals surface area contributed by atoms with Gasteiger partial charge >= 0.3 is 7.59 Å². The number of nitro benzene ring substituents is 1. The van der Waals surface area contributed by atoms with Gasteiger partial charge in [-0.3, -0.25) is 14.7 Å². The van der Waals surface area contributed by atoms with Crippen LogP contribution in [0.5, 0.6) is 0 Å². The Morgan fingerprint density at radius 3 is 2.08 bits per heavy atom. The molecule has 0 aromatic heterocycles. The van der Waals surface area contributed by atoms with Gasteiger partial charge in [-0.05, 0) is 29.8 Å². The molecule has 8 nitrogen and oxygen atoms in total. The molecule has 26 heavy (non-hydrogen) atoms. The van der Waals surface area contributed by atoms with E-state index in [4.69, 9.17) is 0 Å². The minimum atomic E-state index is -2.94. The van der Waals surface area contributed by atoms with Crippen LogP contribution in [-0.4, -0.2) is 46.7 Å². The highest BCUT2D eigenvalue weighted by molar-refractivity contribution is 7.61. The third kappa shape index (κ3) is 3.26. The van der Waals surface area contributed by atoms with E-state index in [1.54, 1.807) is 23.1 Å². The van der Waals surface area contributed by atoms with Crippen molar-refractivity contribution in [2.75, 3.05) is 31.0 Å². The number of hydrogen-bond donors (Lipinski definition) is 0. The molecule has 0 bridgehead atoms. The molecule has 9 heteroatoms. The number of hydrogen-bond acceptors (Lipinski definition) is 4. The van der Waals surface area contributed by atoms with Gasteiger partial charge in [-0.2, -0.15) is 9.88 Å². The van der Waals surface area contributed by atoms with E-state index >= 15 is 0 Å². The molecule has 2 aromatic carbocycles. The molecule has 0 aliphatic carbocycles. The lowest BCUT2D eigenvalue weighted by molar-refractivity contribution is -0.384. The van der Waals surface area contributed by atoms with Crippen LogP contribution in [-0.2, 0) is 4.57 Å². The summed E-state index contributed by atoms with van der Waals surface area (Å²) in [5, 5.41) is 15.3. The van der Waals surface area contributed by atoms with Crippen molar-refractivity contribution in [3.8, 4) is 0 Å². The maximum absolute atomic E-state index is 13.8. The molecule has 0 saturated carbocycles. The van der Waals surface area contributed by atoms with Crippen LogP contribution in [0.15, 0.2) is 59.7 Å². The van der Waals surface area contributed by atoms with Gasteiger partial charge in [-0.1, -0.05) is 18.2 Å². The fraction of sp³-hybridized carbons (Fsp3) is 0.235. The highest BCUT2D eigenvalue weighted by atomic mass is 31.2. The number of nitrogens with zero attached hydrogens (tertiary/aromatic N) is 5. The quantitative estimate of drug-likeness (QED) is 0.244. The molecule has 0 amide bonds. The number of anilines is 1. The van der Waals surface area contributed by atoms with Gasteiger partial charge in [0.25, 0.3) is 5.69 Å². The van der Waals surface area contributed by atoms with E-state index in [2.05, 4.69) is 5.10 Å². The number of benzene rings is 2. The molecule has 0 spiro atoms. The van der Waals surface area contributed by atoms with Crippen LogP contribution in [0.1, 0.15) is 5.56 Å². The summed E-state index contributed by atoms with van der Waals surface area (Å²) in [5.74, 6) is 0. The maximum Gasteiger partial charge on any atom is 0.331 e. The molecular weight excluding hydrogens is 353 g/mol. The molecule has 2 aliphatic rings. The summed E-state index contributed by atoms with van der Waals surface area (Å²) < 4.78 is 19.3. The first-order chi connectivity index (χ1) is 12.6. The van der Waals surface area contributed by atoms with Crippen LogP contribution < -0.4 is 4.78 Å². The number of non-ortho nitro benzene ring substituents is 1. The van der Waals surface area contributed by atoms with Gasteiger partial charge in [0.2, 0.25) is 0 Å². The van der Waals surface area contributed by atoms with Crippen LogP contribution >= 0.6 is 7.59 Å². The molecule has 2 aliphatic heterocycles. The first kappa shape index (κ1) is 16.9. The summed E-state index contributed by atoms with van der Waals surface area (Å²) in [7, 11) is -2.94. The second-order valence-electron chi connectivity index (χ2n) is 6.14. The van der Waals surface area contributed by atoms with Gasteiger partial charge in [0.1, 0.15) is 0 Å². The van der Waals surface area contributed by atoms with Crippen LogP contribution in [0, 0.1) is 10.1 Å². The molecule has 2 aromatic rings. The fourth-order valence-electron chi connectivity index (χ4n) is 2.68. The van der Waals surface area contributed by atoms with Gasteiger partial charge in [-0.15, -0.1) is 0 Å². The second kappa shape index (κ2) is 6.64. The molecule has 4 rings (SSSR count). The van der Waals surface area contributed by atoms with Gasteiger partial charge in [-0.25, -0.2) is 9.34 Å². The van der Waals surface area contributed by atoms with Gasteiger partial charge in [0.15, 0.2) is 0 Å². The Balaban J connectivity index is 1.67. The minimum absolute atomic E-state index is 0.0286. The van der Waals surface area contributed by atoms with E-state index in [0.717, 1.165) is 31.9 Å². The fourth-order valence-corrected chi connectivity index (χ4v) is 5.36. The average Bonchev–Trinajstić information content (AvgIpc) is 3.55. The number of nitro groups is 1. The zero-order valence-corrected chi connectivity index (χ0v) is 14.9. The van der Waals surface area contributed by atoms with Crippen LogP contribution in [0.2, 0.25) is 0 Å². The highest BCUT2D eigenvalue weighted by Gasteiger charge is 2.52. The summed E-state index contributed by atoms with van der Waals surface area (Å²) >= 11 is 0. The SMILES string of the molecule is O=[N+]([O-])c1ccc(C=NN(c2ccccc2)P(=O)(N2CC2)N2CC2)cc1. The molecule has 2 saturated heterocycles. The monoisotopic (exact) mass is 371 g/mol. The Morgan fingerprint density at radius 1 is 1.00 bits per heavy atom.